The van der Waals surface area contributed by atoms with Crippen LogP contribution in [0.4, 0.5) is 0 Å². The number of esters is 2. The summed E-state index contributed by atoms with van der Waals surface area (Å²) in [5, 5.41) is 0.550. The summed E-state index contributed by atoms with van der Waals surface area (Å²) in [5.41, 5.74) is 1.65. The first kappa shape index (κ1) is 27.1. The molecular weight excluding hydrogens is 552 g/mol. The molecule has 0 spiro atoms. The fourth-order valence-electron chi connectivity index (χ4n) is 4.36. The highest BCUT2D eigenvalue weighted by Crippen LogP contribution is 2.32. The van der Waals surface area contributed by atoms with Gasteiger partial charge < -0.3 is 13.9 Å². The number of furan rings is 1. The molecule has 1 aliphatic heterocycles. The zero-order chi connectivity index (χ0) is 28.4. The van der Waals surface area contributed by atoms with Crippen LogP contribution in [0.5, 0.6) is 5.75 Å². The van der Waals surface area contributed by atoms with Gasteiger partial charge in [0.2, 0.25) is 0 Å². The zero-order valence-electron chi connectivity index (χ0n) is 21.5. The normalized spacial score (nSPS) is 14.9. The molecule has 0 unspecified atom stereocenters. The molecule has 40 heavy (non-hydrogen) atoms. The minimum atomic E-state index is -0.822. The molecule has 2 aromatic carbocycles. The predicted octanol–water partition coefficient (Wildman–Crippen LogP) is 4.80. The van der Waals surface area contributed by atoms with Crippen LogP contribution in [0.2, 0.25) is 5.02 Å². The summed E-state index contributed by atoms with van der Waals surface area (Å²) in [7, 11) is 0. The highest BCUT2D eigenvalue weighted by Gasteiger charge is 2.33. The van der Waals surface area contributed by atoms with Gasteiger partial charge in [0.1, 0.15) is 23.9 Å². The third-order valence-electron chi connectivity index (χ3n) is 6.07. The topological polar surface area (TPSA) is 100 Å². The van der Waals surface area contributed by atoms with E-state index in [1.807, 2.05) is 18.2 Å². The molecular formula is C30H23ClN2O6S. The Morgan fingerprint density at radius 3 is 2.60 bits per heavy atom. The number of nitrogens with zero attached hydrogens (tertiary/aromatic N) is 2. The maximum absolute atomic E-state index is 13.8. The molecule has 202 valence electrons. The minimum Gasteiger partial charge on any atom is -0.458 e. The molecule has 0 fully saturated rings. The van der Waals surface area contributed by atoms with Gasteiger partial charge in [0.05, 0.1) is 26.9 Å². The van der Waals surface area contributed by atoms with Gasteiger partial charge in [-0.1, -0.05) is 59.9 Å². The number of allylic oxidation sites excluding steroid dienone is 1. The Morgan fingerprint density at radius 1 is 1.15 bits per heavy atom. The van der Waals surface area contributed by atoms with Crippen LogP contribution in [0.3, 0.4) is 0 Å². The fourth-order valence-corrected chi connectivity index (χ4v) is 5.62. The molecule has 1 aliphatic rings. The Bertz CT molecular complexity index is 1850. The van der Waals surface area contributed by atoms with Gasteiger partial charge in [-0.3, -0.25) is 14.2 Å². The molecule has 0 N–H and O–H groups in total. The van der Waals surface area contributed by atoms with E-state index in [-0.39, 0.29) is 17.7 Å². The Hall–Kier alpha value is -4.47. The van der Waals surface area contributed by atoms with Crippen molar-refractivity contribution in [3.05, 3.63) is 121 Å². The number of carbonyl (C=O) groups is 2. The van der Waals surface area contributed by atoms with E-state index in [9.17, 15) is 14.4 Å². The first-order chi connectivity index (χ1) is 19.3. The molecule has 0 saturated heterocycles. The molecule has 2 aromatic heterocycles. The lowest BCUT2D eigenvalue weighted by atomic mass is 9.96. The standard InChI is InChI=1S/C30H23ClN2O6S/c1-4-15-37-29(36)26-17(2)32-30-33(27(26)19-9-11-20(12-10-19)38-18(3)34)28(35)25(40-30)16-21-13-14-24(39-21)22-7-5-6-8-23(22)31/h4-14,16,27H,1,15H2,2-3H3/b25-16-/t27-/m1/s1. The molecule has 8 nitrogen and oxygen atoms in total. The Kier molecular flexibility index (Phi) is 7.68. The summed E-state index contributed by atoms with van der Waals surface area (Å²) >= 11 is 7.49. The monoisotopic (exact) mass is 574 g/mol. The highest BCUT2D eigenvalue weighted by atomic mass is 35.5. The molecule has 4 aromatic rings. The van der Waals surface area contributed by atoms with Crippen LogP contribution < -0.4 is 19.6 Å². The Morgan fingerprint density at radius 2 is 1.90 bits per heavy atom. The number of thiazole rings is 1. The van der Waals surface area contributed by atoms with Crippen LogP contribution in [-0.4, -0.2) is 23.1 Å². The van der Waals surface area contributed by atoms with E-state index in [2.05, 4.69) is 11.6 Å². The summed E-state index contributed by atoms with van der Waals surface area (Å²) in [5.74, 6) is 0.301. The molecule has 1 atom stereocenters. The number of hydrogen-bond acceptors (Lipinski definition) is 8. The molecule has 0 aliphatic carbocycles. The molecule has 3 heterocycles. The number of ether oxygens (including phenoxy) is 2. The molecule has 10 heteroatoms. The SMILES string of the molecule is C=CCOC(=O)C1=C(C)N=c2s/c(=C\c3ccc(-c4ccccc4Cl)o3)c(=O)n2[C@@H]1c1ccc(OC(C)=O)cc1. The van der Waals surface area contributed by atoms with Crippen molar-refractivity contribution < 1.29 is 23.5 Å². The highest BCUT2D eigenvalue weighted by molar-refractivity contribution is 7.07. The largest absolute Gasteiger partial charge is 0.458 e. The lowest BCUT2D eigenvalue weighted by Crippen LogP contribution is -2.39. The van der Waals surface area contributed by atoms with E-state index >= 15 is 0 Å². The number of carbonyl (C=O) groups excluding carboxylic acids is 2. The summed E-state index contributed by atoms with van der Waals surface area (Å²) in [4.78, 5) is 43.3. The van der Waals surface area contributed by atoms with E-state index in [0.717, 1.165) is 5.56 Å². The van der Waals surface area contributed by atoms with Gasteiger partial charge >= 0.3 is 11.9 Å². The number of aromatic nitrogens is 1. The zero-order valence-corrected chi connectivity index (χ0v) is 23.1. The van der Waals surface area contributed by atoms with Crippen LogP contribution in [0.15, 0.2) is 98.8 Å². The van der Waals surface area contributed by atoms with E-state index in [1.165, 1.54) is 28.9 Å². The van der Waals surface area contributed by atoms with Gasteiger partial charge in [-0.2, -0.15) is 0 Å². The van der Waals surface area contributed by atoms with Crippen molar-refractivity contribution in [1.82, 2.24) is 4.57 Å². The second kappa shape index (κ2) is 11.3. The van der Waals surface area contributed by atoms with Crippen LogP contribution in [-0.2, 0) is 14.3 Å². The number of rotatable bonds is 7. The number of halogens is 1. The summed E-state index contributed by atoms with van der Waals surface area (Å²) in [6, 6.07) is 16.6. The van der Waals surface area contributed by atoms with Gasteiger partial charge in [0.25, 0.3) is 5.56 Å². The van der Waals surface area contributed by atoms with E-state index in [0.29, 0.717) is 42.9 Å². The smallest absolute Gasteiger partial charge is 0.338 e. The van der Waals surface area contributed by atoms with Crippen LogP contribution in [0.1, 0.15) is 31.2 Å². The summed E-state index contributed by atoms with van der Waals surface area (Å²) in [6.07, 6.45) is 3.10. The summed E-state index contributed by atoms with van der Waals surface area (Å²) < 4.78 is 18.3. The van der Waals surface area contributed by atoms with Gasteiger partial charge in [-0.05, 0) is 48.9 Å². The van der Waals surface area contributed by atoms with Crippen molar-refractivity contribution in [2.45, 2.75) is 19.9 Å². The molecule has 0 radical (unpaired) electrons. The molecule has 0 amide bonds. The first-order valence-electron chi connectivity index (χ1n) is 12.2. The van der Waals surface area contributed by atoms with E-state index in [1.54, 1.807) is 55.5 Å². The Labute approximate surface area is 237 Å². The molecule has 5 rings (SSSR count). The third kappa shape index (κ3) is 5.34. The second-order valence-corrected chi connectivity index (χ2v) is 10.2. The van der Waals surface area contributed by atoms with Crippen molar-refractivity contribution in [3.8, 4) is 17.1 Å². The van der Waals surface area contributed by atoms with Gasteiger partial charge in [-0.15, -0.1) is 0 Å². The van der Waals surface area contributed by atoms with Crippen molar-refractivity contribution in [2.75, 3.05) is 6.61 Å². The lowest BCUT2D eigenvalue weighted by Gasteiger charge is -2.24. The van der Waals surface area contributed by atoms with Crippen molar-refractivity contribution in [2.24, 2.45) is 4.99 Å². The Balaban J connectivity index is 1.62. The van der Waals surface area contributed by atoms with Crippen molar-refractivity contribution >= 4 is 41.0 Å². The average Bonchev–Trinajstić information content (AvgIpc) is 3.51. The lowest BCUT2D eigenvalue weighted by molar-refractivity contribution is -0.138. The minimum absolute atomic E-state index is 0.00437. The number of hydrogen-bond donors (Lipinski definition) is 0. The van der Waals surface area contributed by atoms with Gasteiger partial charge in [0, 0.05) is 18.6 Å². The maximum Gasteiger partial charge on any atom is 0.338 e. The van der Waals surface area contributed by atoms with Gasteiger partial charge in [-0.25, -0.2) is 9.79 Å². The van der Waals surface area contributed by atoms with Gasteiger partial charge in [0.15, 0.2) is 4.80 Å². The third-order valence-corrected chi connectivity index (χ3v) is 7.38. The van der Waals surface area contributed by atoms with Crippen LogP contribution in [0, 0.1) is 0 Å². The molecule has 0 saturated carbocycles. The van der Waals surface area contributed by atoms with Crippen LogP contribution >= 0.6 is 22.9 Å². The molecule has 0 bridgehead atoms. The quantitative estimate of drug-likeness (QED) is 0.178. The number of benzene rings is 2. The average molecular weight is 575 g/mol. The van der Waals surface area contributed by atoms with Crippen molar-refractivity contribution in [1.29, 1.82) is 0 Å². The fraction of sp³-hybridized carbons (Fsp3) is 0.133. The maximum atomic E-state index is 13.8. The van der Waals surface area contributed by atoms with Crippen molar-refractivity contribution in [3.63, 3.8) is 0 Å². The summed E-state index contributed by atoms with van der Waals surface area (Å²) in [6.45, 7) is 6.60. The van der Waals surface area contributed by atoms with E-state index in [4.69, 9.17) is 25.5 Å². The predicted molar refractivity (Wildman–Crippen MR) is 152 cm³/mol. The first-order valence-corrected chi connectivity index (χ1v) is 13.4. The van der Waals surface area contributed by atoms with E-state index < -0.39 is 18.0 Å². The second-order valence-electron chi connectivity index (χ2n) is 8.81. The number of fused-ring (bicyclic) bond motifs is 1. The van der Waals surface area contributed by atoms with Crippen LogP contribution in [0.25, 0.3) is 17.4 Å².